The predicted octanol–water partition coefficient (Wildman–Crippen LogP) is 5.33. The summed E-state index contributed by atoms with van der Waals surface area (Å²) in [6.07, 6.45) is 0. The van der Waals surface area contributed by atoms with Gasteiger partial charge in [0.2, 0.25) is 0 Å². The van der Waals surface area contributed by atoms with Crippen LogP contribution in [0.4, 0.5) is 16.3 Å². The Morgan fingerprint density at radius 2 is 1.32 bits per heavy atom. The maximum atomic E-state index is 12.6. The quantitative estimate of drug-likeness (QED) is 0.376. The highest BCUT2D eigenvalue weighted by molar-refractivity contribution is 6.10. The van der Waals surface area contributed by atoms with Crippen molar-refractivity contribution in [2.45, 2.75) is 0 Å². The van der Waals surface area contributed by atoms with Crippen molar-refractivity contribution in [2.75, 3.05) is 10.6 Å². The first-order valence-electron chi connectivity index (χ1n) is 9.78. The first-order valence-corrected chi connectivity index (χ1v) is 9.78. The number of aromatic amines is 1. The molecule has 0 saturated heterocycles. The van der Waals surface area contributed by atoms with E-state index in [4.69, 9.17) is 0 Å². The number of nitrogens with one attached hydrogen (secondary N) is 3. The minimum Gasteiger partial charge on any atom is -0.308 e. The van der Waals surface area contributed by atoms with Gasteiger partial charge < -0.3 is 5.32 Å². The first kappa shape index (κ1) is 18.5. The molecule has 0 aliphatic rings. The van der Waals surface area contributed by atoms with Gasteiger partial charge in [-0.05, 0) is 17.7 Å². The van der Waals surface area contributed by atoms with Crippen molar-refractivity contribution in [3.8, 4) is 22.4 Å². The van der Waals surface area contributed by atoms with Crippen molar-refractivity contribution < 1.29 is 4.79 Å². The Morgan fingerprint density at radius 1 is 0.710 bits per heavy atom. The molecule has 7 nitrogen and oxygen atoms in total. The van der Waals surface area contributed by atoms with Gasteiger partial charge in [0, 0.05) is 16.8 Å². The lowest BCUT2D eigenvalue weighted by atomic mass is 9.97. The number of anilines is 2. The fourth-order valence-corrected chi connectivity index (χ4v) is 3.48. The molecule has 0 saturated carbocycles. The average Bonchev–Trinajstić information content (AvgIpc) is 3.23. The van der Waals surface area contributed by atoms with Crippen LogP contribution in [0, 0.1) is 0 Å². The highest BCUT2D eigenvalue weighted by Crippen LogP contribution is 2.38. The lowest BCUT2D eigenvalue weighted by molar-refractivity contribution is 0.262. The molecule has 3 N–H and O–H groups in total. The van der Waals surface area contributed by atoms with E-state index in [2.05, 4.69) is 31.0 Å². The second kappa shape index (κ2) is 8.08. The van der Waals surface area contributed by atoms with Crippen molar-refractivity contribution in [1.29, 1.82) is 0 Å². The summed E-state index contributed by atoms with van der Waals surface area (Å²) in [6, 6.07) is 28.6. The van der Waals surface area contributed by atoms with E-state index in [1.54, 1.807) is 0 Å². The maximum absolute atomic E-state index is 12.6. The Balaban J connectivity index is 1.63. The molecule has 2 amide bonds. The maximum Gasteiger partial charge on any atom is 0.324 e. The number of carbonyl (C=O) groups excluding carboxylic acids is 1. The van der Waals surface area contributed by atoms with Gasteiger partial charge in [-0.25, -0.2) is 4.79 Å². The fraction of sp³-hybridized carbons (Fsp3) is 0. The van der Waals surface area contributed by atoms with Crippen molar-refractivity contribution in [3.05, 3.63) is 91.0 Å². The zero-order chi connectivity index (χ0) is 21.0. The van der Waals surface area contributed by atoms with Gasteiger partial charge in [-0.2, -0.15) is 5.10 Å². The molecular weight excluding hydrogens is 388 g/mol. The van der Waals surface area contributed by atoms with E-state index in [0.29, 0.717) is 28.2 Å². The largest absolute Gasteiger partial charge is 0.324 e. The van der Waals surface area contributed by atoms with E-state index in [0.717, 1.165) is 16.7 Å². The molecule has 0 aliphatic heterocycles. The summed E-state index contributed by atoms with van der Waals surface area (Å²) in [5.74, 6) is 0.384. The number of nitrogens with zero attached hydrogens (tertiary/aromatic N) is 3. The number of fused-ring (bicyclic) bond motifs is 1. The van der Waals surface area contributed by atoms with Crippen LogP contribution in [0.25, 0.3) is 33.4 Å². The van der Waals surface area contributed by atoms with Gasteiger partial charge in [0.25, 0.3) is 0 Å². The van der Waals surface area contributed by atoms with E-state index in [1.165, 1.54) is 0 Å². The molecule has 3 aromatic carbocycles. The van der Waals surface area contributed by atoms with Gasteiger partial charge in [0.15, 0.2) is 11.5 Å². The highest BCUT2D eigenvalue weighted by atomic mass is 16.2. The number of hydrogen-bond acceptors (Lipinski definition) is 4. The standard InChI is InChI=1S/C24H18N6O/c31-24(25-18-14-8-3-9-15-18)26-22-20-19(16-10-4-1-5-11-16)21(17-12-6-2-7-13-17)27-29-23(20)30-28-22/h1-15H,(H3,25,26,28,29,30,31). The number of H-pyrrole nitrogens is 1. The number of para-hydroxylation sites is 1. The molecule has 31 heavy (non-hydrogen) atoms. The molecular formula is C24H18N6O. The Bertz CT molecular complexity index is 1330. The van der Waals surface area contributed by atoms with Crippen LogP contribution >= 0.6 is 0 Å². The van der Waals surface area contributed by atoms with Crippen molar-refractivity contribution in [3.63, 3.8) is 0 Å². The van der Waals surface area contributed by atoms with Gasteiger partial charge >= 0.3 is 6.03 Å². The summed E-state index contributed by atoms with van der Waals surface area (Å²) in [4.78, 5) is 12.6. The molecule has 0 unspecified atom stereocenters. The summed E-state index contributed by atoms with van der Waals surface area (Å²) >= 11 is 0. The van der Waals surface area contributed by atoms with Crippen LogP contribution in [0.1, 0.15) is 0 Å². The Hall–Kier alpha value is -4.52. The third-order valence-electron chi connectivity index (χ3n) is 4.86. The molecule has 0 atom stereocenters. The van der Waals surface area contributed by atoms with Gasteiger partial charge in [-0.1, -0.05) is 78.9 Å². The molecule has 7 heteroatoms. The summed E-state index contributed by atoms with van der Waals surface area (Å²) in [7, 11) is 0. The number of rotatable bonds is 4. The molecule has 0 bridgehead atoms. The molecule has 0 fully saturated rings. The Kier molecular flexibility index (Phi) is 4.82. The van der Waals surface area contributed by atoms with Crippen LogP contribution in [0.2, 0.25) is 0 Å². The summed E-state index contributed by atoms with van der Waals surface area (Å²) in [5.41, 5.74) is 4.63. The van der Waals surface area contributed by atoms with Crippen LogP contribution in [0.3, 0.4) is 0 Å². The summed E-state index contributed by atoms with van der Waals surface area (Å²) in [5, 5.41) is 22.3. The Morgan fingerprint density at radius 3 is 2.00 bits per heavy atom. The monoisotopic (exact) mass is 406 g/mol. The van der Waals surface area contributed by atoms with Crippen LogP contribution in [-0.4, -0.2) is 26.4 Å². The molecule has 0 aliphatic carbocycles. The molecule has 5 aromatic rings. The number of amides is 2. The van der Waals surface area contributed by atoms with E-state index < -0.39 is 6.03 Å². The van der Waals surface area contributed by atoms with Crippen molar-refractivity contribution >= 4 is 28.6 Å². The molecule has 5 rings (SSSR count). The van der Waals surface area contributed by atoms with E-state index in [9.17, 15) is 4.79 Å². The lowest BCUT2D eigenvalue weighted by Crippen LogP contribution is -2.19. The number of benzene rings is 3. The molecule has 150 valence electrons. The lowest BCUT2D eigenvalue weighted by Gasteiger charge is -2.11. The molecule has 2 aromatic heterocycles. The topological polar surface area (TPSA) is 95.6 Å². The van der Waals surface area contributed by atoms with Gasteiger partial charge in [0.05, 0.1) is 5.39 Å². The van der Waals surface area contributed by atoms with E-state index in [1.807, 2.05) is 91.0 Å². The molecule has 0 radical (unpaired) electrons. The normalized spacial score (nSPS) is 10.7. The van der Waals surface area contributed by atoms with Crippen LogP contribution in [-0.2, 0) is 0 Å². The fourth-order valence-electron chi connectivity index (χ4n) is 3.48. The summed E-state index contributed by atoms with van der Waals surface area (Å²) < 4.78 is 0. The predicted molar refractivity (Wildman–Crippen MR) is 122 cm³/mol. The van der Waals surface area contributed by atoms with Gasteiger partial charge in [-0.3, -0.25) is 10.4 Å². The highest BCUT2D eigenvalue weighted by Gasteiger charge is 2.20. The van der Waals surface area contributed by atoms with Gasteiger partial charge in [-0.15, -0.1) is 10.2 Å². The number of hydrogen-bond donors (Lipinski definition) is 3. The van der Waals surface area contributed by atoms with Crippen LogP contribution < -0.4 is 10.6 Å². The first-order chi connectivity index (χ1) is 15.3. The number of carbonyl (C=O) groups is 1. The molecule has 0 spiro atoms. The number of urea groups is 1. The smallest absolute Gasteiger partial charge is 0.308 e. The number of aromatic nitrogens is 4. The average molecular weight is 406 g/mol. The third kappa shape index (κ3) is 3.72. The van der Waals surface area contributed by atoms with Gasteiger partial charge in [0.1, 0.15) is 5.69 Å². The van der Waals surface area contributed by atoms with Crippen LogP contribution in [0.5, 0.6) is 0 Å². The second-order valence-electron chi connectivity index (χ2n) is 6.90. The SMILES string of the molecule is O=C(Nc1ccccc1)Nc1n[nH]c2nnc(-c3ccccc3)c(-c3ccccc3)c12. The third-order valence-corrected chi connectivity index (χ3v) is 4.86. The second-order valence-corrected chi connectivity index (χ2v) is 6.90. The molecule has 2 heterocycles. The van der Waals surface area contributed by atoms with Crippen molar-refractivity contribution in [1.82, 2.24) is 20.4 Å². The zero-order valence-electron chi connectivity index (χ0n) is 16.4. The minimum atomic E-state index is -0.392. The summed E-state index contributed by atoms with van der Waals surface area (Å²) in [6.45, 7) is 0. The zero-order valence-corrected chi connectivity index (χ0v) is 16.4. The van der Waals surface area contributed by atoms with Crippen molar-refractivity contribution in [2.24, 2.45) is 0 Å². The minimum absolute atomic E-state index is 0.384. The van der Waals surface area contributed by atoms with E-state index in [-0.39, 0.29) is 0 Å². The van der Waals surface area contributed by atoms with Crippen LogP contribution in [0.15, 0.2) is 91.0 Å². The Labute approximate surface area is 178 Å². The van der Waals surface area contributed by atoms with E-state index >= 15 is 0 Å².